The lowest BCUT2D eigenvalue weighted by molar-refractivity contribution is 0.0949. The number of nitrogens with zero attached hydrogens (tertiary/aromatic N) is 3. The fourth-order valence-corrected chi connectivity index (χ4v) is 3.15. The number of aromatic nitrogens is 3. The van der Waals surface area contributed by atoms with Crippen LogP contribution in [0.2, 0.25) is 0 Å². The first-order valence-corrected chi connectivity index (χ1v) is 7.87. The van der Waals surface area contributed by atoms with Crippen molar-refractivity contribution in [2.45, 2.75) is 32.7 Å². The van der Waals surface area contributed by atoms with Gasteiger partial charge in [-0.1, -0.05) is 6.92 Å². The molecule has 118 valence electrons. The van der Waals surface area contributed by atoms with E-state index in [4.69, 9.17) is 4.42 Å². The molecule has 1 aliphatic rings. The number of rotatable bonds is 3. The molecule has 0 saturated heterocycles. The number of hydrogen-bond acceptors (Lipinski definition) is 4. The minimum absolute atomic E-state index is 0.187. The molecule has 6 nitrogen and oxygen atoms in total. The van der Waals surface area contributed by atoms with Crippen LogP contribution in [0.5, 0.6) is 0 Å². The molecule has 0 aliphatic heterocycles. The number of carbonyl (C=O) groups excluding carboxylic acids is 1. The highest BCUT2D eigenvalue weighted by molar-refractivity contribution is 5.99. The van der Waals surface area contributed by atoms with E-state index in [0.717, 1.165) is 19.3 Å². The fraction of sp³-hybridized carbons (Fsp3) is 0.353. The fourth-order valence-electron chi connectivity index (χ4n) is 3.15. The predicted molar refractivity (Wildman–Crippen MR) is 84.1 cm³/mol. The van der Waals surface area contributed by atoms with Crippen molar-refractivity contribution in [3.05, 3.63) is 53.4 Å². The molecule has 23 heavy (non-hydrogen) atoms. The van der Waals surface area contributed by atoms with Gasteiger partial charge in [0.2, 0.25) is 0 Å². The quantitative estimate of drug-likeness (QED) is 0.806. The van der Waals surface area contributed by atoms with Crippen LogP contribution in [0.4, 0.5) is 0 Å². The summed E-state index contributed by atoms with van der Waals surface area (Å²) in [5, 5.41) is 7.23. The Morgan fingerprint density at radius 3 is 3.22 bits per heavy atom. The predicted octanol–water partition coefficient (Wildman–Crippen LogP) is 2.38. The molecule has 1 N–H and O–H groups in total. The molecule has 1 aliphatic carbocycles. The molecule has 0 bridgehead atoms. The van der Waals surface area contributed by atoms with E-state index >= 15 is 0 Å². The maximum atomic E-state index is 12.4. The third-order valence-electron chi connectivity index (χ3n) is 4.40. The van der Waals surface area contributed by atoms with Crippen molar-refractivity contribution >= 4 is 11.6 Å². The Labute approximate surface area is 133 Å². The van der Waals surface area contributed by atoms with Crippen LogP contribution in [0.25, 0.3) is 5.65 Å². The van der Waals surface area contributed by atoms with Gasteiger partial charge < -0.3 is 9.73 Å². The smallest absolute Gasteiger partial charge is 0.257 e. The van der Waals surface area contributed by atoms with Crippen molar-refractivity contribution in [1.82, 2.24) is 19.9 Å². The number of amides is 1. The van der Waals surface area contributed by atoms with Crippen LogP contribution >= 0.6 is 0 Å². The standard InChI is InChI=1S/C17H18N4O2/c1-11-4-5-15-12(7-11)8-18-16-14(10-20-21(15)16)17(22)19-9-13-3-2-6-23-13/h2-3,6,8,10-11H,4-5,7,9H2,1H3,(H,19,22)/t11-/m0/s1. The van der Waals surface area contributed by atoms with Gasteiger partial charge in [0.15, 0.2) is 5.65 Å². The van der Waals surface area contributed by atoms with Gasteiger partial charge in [-0.2, -0.15) is 5.10 Å². The molecule has 0 fully saturated rings. The van der Waals surface area contributed by atoms with E-state index in [9.17, 15) is 4.79 Å². The number of fused-ring (bicyclic) bond motifs is 3. The van der Waals surface area contributed by atoms with E-state index in [-0.39, 0.29) is 5.91 Å². The summed E-state index contributed by atoms with van der Waals surface area (Å²) in [6.07, 6.45) is 8.23. The minimum atomic E-state index is -0.187. The molecule has 3 aromatic heterocycles. The van der Waals surface area contributed by atoms with Gasteiger partial charge in [0.25, 0.3) is 5.91 Å². The van der Waals surface area contributed by atoms with E-state index < -0.39 is 0 Å². The van der Waals surface area contributed by atoms with Gasteiger partial charge in [-0.25, -0.2) is 9.50 Å². The molecule has 0 saturated carbocycles. The minimum Gasteiger partial charge on any atom is -0.467 e. The van der Waals surface area contributed by atoms with E-state index in [1.165, 1.54) is 11.3 Å². The van der Waals surface area contributed by atoms with Crippen molar-refractivity contribution in [3.8, 4) is 0 Å². The first-order valence-electron chi connectivity index (χ1n) is 7.87. The second kappa shape index (κ2) is 5.53. The maximum absolute atomic E-state index is 12.4. The Bertz CT molecular complexity index is 851. The molecule has 0 radical (unpaired) electrons. The molecule has 1 amide bonds. The zero-order valence-electron chi connectivity index (χ0n) is 13.0. The van der Waals surface area contributed by atoms with E-state index in [0.29, 0.717) is 29.4 Å². The summed E-state index contributed by atoms with van der Waals surface area (Å²) < 4.78 is 7.04. The lowest BCUT2D eigenvalue weighted by atomic mass is 9.89. The maximum Gasteiger partial charge on any atom is 0.257 e. The van der Waals surface area contributed by atoms with Gasteiger partial charge in [0, 0.05) is 11.9 Å². The Balaban J connectivity index is 1.62. The normalized spacial score (nSPS) is 17.2. The molecule has 0 aromatic carbocycles. The topological polar surface area (TPSA) is 72.4 Å². The first-order chi connectivity index (χ1) is 11.2. The third kappa shape index (κ3) is 2.50. The average molecular weight is 310 g/mol. The van der Waals surface area contributed by atoms with Crippen molar-refractivity contribution < 1.29 is 9.21 Å². The number of nitrogens with one attached hydrogen (secondary N) is 1. The molecular weight excluding hydrogens is 292 g/mol. The Hall–Kier alpha value is -2.63. The molecule has 4 rings (SSSR count). The highest BCUT2D eigenvalue weighted by atomic mass is 16.3. The molecule has 0 spiro atoms. The zero-order valence-corrected chi connectivity index (χ0v) is 13.0. The van der Waals surface area contributed by atoms with Crippen LogP contribution in [0.1, 0.15) is 40.7 Å². The molecule has 1 atom stereocenters. The highest BCUT2D eigenvalue weighted by Gasteiger charge is 2.22. The lowest BCUT2D eigenvalue weighted by Crippen LogP contribution is -2.23. The summed E-state index contributed by atoms with van der Waals surface area (Å²) in [6, 6.07) is 3.62. The van der Waals surface area contributed by atoms with Gasteiger partial charge in [-0.15, -0.1) is 0 Å². The average Bonchev–Trinajstić information content (AvgIpc) is 3.21. The second-order valence-corrected chi connectivity index (χ2v) is 6.13. The van der Waals surface area contributed by atoms with Crippen molar-refractivity contribution in [2.24, 2.45) is 5.92 Å². The Morgan fingerprint density at radius 1 is 1.48 bits per heavy atom. The summed E-state index contributed by atoms with van der Waals surface area (Å²) in [5.41, 5.74) is 3.54. The van der Waals surface area contributed by atoms with Gasteiger partial charge >= 0.3 is 0 Å². The summed E-state index contributed by atoms with van der Waals surface area (Å²) in [4.78, 5) is 16.9. The highest BCUT2D eigenvalue weighted by Crippen LogP contribution is 2.25. The number of aryl methyl sites for hydroxylation is 1. The Kier molecular flexibility index (Phi) is 3.37. The largest absolute Gasteiger partial charge is 0.467 e. The summed E-state index contributed by atoms with van der Waals surface area (Å²) >= 11 is 0. The van der Waals surface area contributed by atoms with Crippen LogP contribution in [-0.4, -0.2) is 20.5 Å². The monoisotopic (exact) mass is 310 g/mol. The van der Waals surface area contributed by atoms with Gasteiger partial charge in [-0.05, 0) is 42.9 Å². The van der Waals surface area contributed by atoms with Gasteiger partial charge in [0.1, 0.15) is 11.3 Å². The van der Waals surface area contributed by atoms with Crippen LogP contribution in [0, 0.1) is 5.92 Å². The van der Waals surface area contributed by atoms with Crippen LogP contribution < -0.4 is 5.32 Å². The zero-order chi connectivity index (χ0) is 15.8. The van der Waals surface area contributed by atoms with Gasteiger partial charge in [-0.3, -0.25) is 4.79 Å². The van der Waals surface area contributed by atoms with Crippen molar-refractivity contribution in [1.29, 1.82) is 0 Å². The Morgan fingerprint density at radius 2 is 2.39 bits per heavy atom. The SMILES string of the molecule is C[C@H]1CCc2c(cnc3c(C(=O)NCc4ccco4)cnn23)C1. The summed E-state index contributed by atoms with van der Waals surface area (Å²) in [6.45, 7) is 2.61. The van der Waals surface area contributed by atoms with E-state index in [1.807, 2.05) is 16.8 Å². The van der Waals surface area contributed by atoms with E-state index in [2.05, 4.69) is 22.3 Å². The van der Waals surface area contributed by atoms with Crippen molar-refractivity contribution in [3.63, 3.8) is 0 Å². The van der Waals surface area contributed by atoms with E-state index in [1.54, 1.807) is 18.5 Å². The first kappa shape index (κ1) is 14.0. The molecular formula is C17H18N4O2. The third-order valence-corrected chi connectivity index (χ3v) is 4.40. The molecule has 6 heteroatoms. The summed E-state index contributed by atoms with van der Waals surface area (Å²) in [5.74, 6) is 1.20. The van der Waals surface area contributed by atoms with Crippen LogP contribution in [0.3, 0.4) is 0 Å². The lowest BCUT2D eigenvalue weighted by Gasteiger charge is -2.21. The van der Waals surface area contributed by atoms with Crippen molar-refractivity contribution in [2.75, 3.05) is 0 Å². The van der Waals surface area contributed by atoms with Crippen LogP contribution in [0.15, 0.2) is 35.2 Å². The number of furan rings is 1. The second-order valence-electron chi connectivity index (χ2n) is 6.13. The molecule has 0 unspecified atom stereocenters. The number of carbonyl (C=O) groups is 1. The van der Waals surface area contributed by atoms with Crippen LogP contribution in [-0.2, 0) is 19.4 Å². The number of hydrogen-bond donors (Lipinski definition) is 1. The summed E-state index contributed by atoms with van der Waals surface area (Å²) in [7, 11) is 0. The van der Waals surface area contributed by atoms with Gasteiger partial charge in [0.05, 0.1) is 19.0 Å². The molecule has 3 aromatic rings. The molecule has 3 heterocycles.